The number of rotatable bonds is 3. The molecule has 0 amide bonds. The van der Waals surface area contributed by atoms with Crippen LogP contribution in [0.25, 0.3) is 0 Å². The molecule has 2 aliphatic carbocycles. The molecule has 0 aliphatic heterocycles. The summed E-state index contributed by atoms with van der Waals surface area (Å²) in [6, 6.07) is 2.21. The van der Waals surface area contributed by atoms with Gasteiger partial charge in [-0.3, -0.25) is 0 Å². The molecule has 0 saturated heterocycles. The monoisotopic (exact) mass is 246 g/mol. The molecule has 1 fully saturated rings. The van der Waals surface area contributed by atoms with Crippen molar-refractivity contribution in [3.8, 4) is 0 Å². The molecule has 0 unspecified atom stereocenters. The fraction of sp³-hybridized carbons (Fsp3) is 0.571. The summed E-state index contributed by atoms with van der Waals surface area (Å²) in [7, 11) is 0. The Balaban J connectivity index is 1.92. The summed E-state index contributed by atoms with van der Waals surface area (Å²) >= 11 is 0. The van der Waals surface area contributed by atoms with Gasteiger partial charge in [-0.05, 0) is 43.7 Å². The zero-order chi connectivity index (χ0) is 12.5. The SMILES string of the molecule is O=C(O)c1cc2c(nc1NC1CCCC1)CCC2. The van der Waals surface area contributed by atoms with Crippen LogP contribution in [-0.2, 0) is 12.8 Å². The van der Waals surface area contributed by atoms with Gasteiger partial charge >= 0.3 is 5.97 Å². The lowest BCUT2D eigenvalue weighted by atomic mass is 10.1. The number of carboxylic acids is 1. The van der Waals surface area contributed by atoms with Gasteiger partial charge in [0.2, 0.25) is 0 Å². The van der Waals surface area contributed by atoms with Gasteiger partial charge in [0.1, 0.15) is 11.4 Å². The first-order valence-electron chi connectivity index (χ1n) is 6.76. The number of carbonyl (C=O) groups is 1. The van der Waals surface area contributed by atoms with E-state index < -0.39 is 5.97 Å². The second kappa shape index (κ2) is 4.59. The van der Waals surface area contributed by atoms with E-state index in [1.807, 2.05) is 6.07 Å². The topological polar surface area (TPSA) is 62.2 Å². The van der Waals surface area contributed by atoms with Crippen molar-refractivity contribution in [2.45, 2.75) is 51.0 Å². The van der Waals surface area contributed by atoms with Gasteiger partial charge < -0.3 is 10.4 Å². The maximum absolute atomic E-state index is 11.3. The summed E-state index contributed by atoms with van der Waals surface area (Å²) in [5.41, 5.74) is 2.53. The van der Waals surface area contributed by atoms with E-state index in [2.05, 4.69) is 10.3 Å². The Morgan fingerprint density at radius 3 is 2.78 bits per heavy atom. The van der Waals surface area contributed by atoms with Crippen LogP contribution in [0, 0.1) is 0 Å². The van der Waals surface area contributed by atoms with Crippen LogP contribution in [0.2, 0.25) is 0 Å². The zero-order valence-electron chi connectivity index (χ0n) is 10.4. The molecule has 18 heavy (non-hydrogen) atoms. The summed E-state index contributed by atoms with van der Waals surface area (Å²) < 4.78 is 0. The number of fused-ring (bicyclic) bond motifs is 1. The van der Waals surface area contributed by atoms with Crippen LogP contribution in [0.1, 0.15) is 53.7 Å². The maximum atomic E-state index is 11.3. The van der Waals surface area contributed by atoms with E-state index in [0.717, 1.165) is 43.4 Å². The molecular formula is C14H18N2O2. The smallest absolute Gasteiger partial charge is 0.339 e. The van der Waals surface area contributed by atoms with Crippen LogP contribution < -0.4 is 5.32 Å². The van der Waals surface area contributed by atoms with Crippen LogP contribution in [0.3, 0.4) is 0 Å². The van der Waals surface area contributed by atoms with Crippen molar-refractivity contribution in [2.75, 3.05) is 5.32 Å². The molecule has 1 aromatic rings. The number of aryl methyl sites for hydroxylation is 2. The standard InChI is InChI=1S/C14H18N2O2/c17-14(18)11-8-9-4-3-7-12(9)16-13(11)15-10-5-1-2-6-10/h8,10H,1-7H2,(H,15,16)(H,17,18). The molecule has 0 aromatic carbocycles. The predicted octanol–water partition coefficient (Wildman–Crippen LogP) is 2.62. The number of hydrogen-bond donors (Lipinski definition) is 2. The van der Waals surface area contributed by atoms with E-state index in [0.29, 0.717) is 17.4 Å². The van der Waals surface area contributed by atoms with E-state index in [9.17, 15) is 9.90 Å². The minimum absolute atomic E-state index is 0.336. The van der Waals surface area contributed by atoms with Crippen LogP contribution >= 0.6 is 0 Å². The fourth-order valence-corrected chi connectivity index (χ4v) is 3.01. The van der Waals surface area contributed by atoms with Gasteiger partial charge in [-0.25, -0.2) is 9.78 Å². The molecule has 2 aliphatic rings. The average Bonchev–Trinajstić information content (AvgIpc) is 2.97. The molecule has 0 radical (unpaired) electrons. The summed E-state index contributed by atoms with van der Waals surface area (Å²) in [4.78, 5) is 15.9. The minimum Gasteiger partial charge on any atom is -0.478 e. The van der Waals surface area contributed by atoms with E-state index in [4.69, 9.17) is 0 Å². The molecule has 2 N–H and O–H groups in total. The first-order valence-corrected chi connectivity index (χ1v) is 6.76. The predicted molar refractivity (Wildman–Crippen MR) is 69.1 cm³/mol. The largest absolute Gasteiger partial charge is 0.478 e. The molecule has 1 aromatic heterocycles. The number of carboxylic acid groups (broad SMARTS) is 1. The number of pyridine rings is 1. The molecule has 96 valence electrons. The third-order valence-corrected chi connectivity index (χ3v) is 3.98. The van der Waals surface area contributed by atoms with Gasteiger partial charge in [-0.15, -0.1) is 0 Å². The van der Waals surface area contributed by atoms with Gasteiger partial charge in [0.05, 0.1) is 0 Å². The van der Waals surface area contributed by atoms with Gasteiger partial charge in [-0.1, -0.05) is 12.8 Å². The van der Waals surface area contributed by atoms with Gasteiger partial charge in [0, 0.05) is 11.7 Å². The van der Waals surface area contributed by atoms with Gasteiger partial charge in [0.15, 0.2) is 0 Å². The Morgan fingerprint density at radius 2 is 2.06 bits per heavy atom. The first-order chi connectivity index (χ1) is 8.74. The van der Waals surface area contributed by atoms with E-state index in [1.165, 1.54) is 12.8 Å². The third kappa shape index (κ3) is 2.07. The van der Waals surface area contributed by atoms with E-state index in [-0.39, 0.29) is 0 Å². The highest BCUT2D eigenvalue weighted by molar-refractivity contribution is 5.93. The van der Waals surface area contributed by atoms with Crippen LogP contribution in [0.4, 0.5) is 5.82 Å². The van der Waals surface area contributed by atoms with Crippen molar-refractivity contribution in [1.82, 2.24) is 4.98 Å². The second-order valence-electron chi connectivity index (χ2n) is 5.27. The van der Waals surface area contributed by atoms with Gasteiger partial charge in [0.25, 0.3) is 0 Å². The van der Waals surface area contributed by atoms with Crippen LogP contribution in [0.15, 0.2) is 6.07 Å². The molecule has 1 saturated carbocycles. The summed E-state index contributed by atoms with van der Waals surface area (Å²) in [5.74, 6) is -0.298. The quantitative estimate of drug-likeness (QED) is 0.860. The van der Waals surface area contributed by atoms with E-state index >= 15 is 0 Å². The Bertz CT molecular complexity index is 479. The molecule has 0 atom stereocenters. The number of hydrogen-bond acceptors (Lipinski definition) is 3. The van der Waals surface area contributed by atoms with Crippen molar-refractivity contribution in [3.63, 3.8) is 0 Å². The van der Waals surface area contributed by atoms with E-state index in [1.54, 1.807) is 0 Å². The van der Waals surface area contributed by atoms with Crippen LogP contribution in [0.5, 0.6) is 0 Å². The Kier molecular flexibility index (Phi) is 2.94. The normalized spacial score (nSPS) is 18.9. The van der Waals surface area contributed by atoms with Crippen molar-refractivity contribution >= 4 is 11.8 Å². The zero-order valence-corrected chi connectivity index (χ0v) is 10.4. The maximum Gasteiger partial charge on any atom is 0.339 e. The number of nitrogens with zero attached hydrogens (tertiary/aromatic N) is 1. The molecule has 3 rings (SSSR count). The highest BCUT2D eigenvalue weighted by Gasteiger charge is 2.22. The lowest BCUT2D eigenvalue weighted by Gasteiger charge is -2.16. The highest BCUT2D eigenvalue weighted by Crippen LogP contribution is 2.28. The number of anilines is 1. The van der Waals surface area contributed by atoms with Crippen LogP contribution in [-0.4, -0.2) is 22.1 Å². The Hall–Kier alpha value is -1.58. The molecule has 0 bridgehead atoms. The lowest BCUT2D eigenvalue weighted by Crippen LogP contribution is -2.19. The Labute approximate surface area is 106 Å². The van der Waals surface area contributed by atoms with Crippen molar-refractivity contribution in [3.05, 3.63) is 22.9 Å². The summed E-state index contributed by atoms with van der Waals surface area (Å²) in [6.45, 7) is 0. The number of aromatic nitrogens is 1. The van der Waals surface area contributed by atoms with Crippen molar-refractivity contribution < 1.29 is 9.90 Å². The number of aromatic carboxylic acids is 1. The number of nitrogens with one attached hydrogen (secondary N) is 1. The van der Waals surface area contributed by atoms with Gasteiger partial charge in [-0.2, -0.15) is 0 Å². The summed E-state index contributed by atoms with van der Waals surface area (Å²) in [6.07, 6.45) is 7.74. The minimum atomic E-state index is -0.877. The lowest BCUT2D eigenvalue weighted by molar-refractivity contribution is 0.0697. The first kappa shape index (κ1) is 11.5. The molecule has 0 spiro atoms. The molecule has 4 heteroatoms. The van der Waals surface area contributed by atoms with Crippen molar-refractivity contribution in [2.24, 2.45) is 0 Å². The molecule has 1 heterocycles. The summed E-state index contributed by atoms with van der Waals surface area (Å²) in [5, 5.41) is 12.6. The highest BCUT2D eigenvalue weighted by atomic mass is 16.4. The molecular weight excluding hydrogens is 228 g/mol. The molecule has 4 nitrogen and oxygen atoms in total. The Morgan fingerprint density at radius 1 is 1.28 bits per heavy atom. The average molecular weight is 246 g/mol. The third-order valence-electron chi connectivity index (χ3n) is 3.98. The second-order valence-corrected chi connectivity index (χ2v) is 5.27. The van der Waals surface area contributed by atoms with Crippen molar-refractivity contribution in [1.29, 1.82) is 0 Å². The fourth-order valence-electron chi connectivity index (χ4n) is 3.01.